The molecule has 0 spiro atoms. The Labute approximate surface area is 96.0 Å². The zero-order chi connectivity index (χ0) is 12.2. The third-order valence-electron chi connectivity index (χ3n) is 1.82. The Hall–Kier alpha value is -1.54. The first-order valence-corrected chi connectivity index (χ1v) is 6.59. The van der Waals surface area contributed by atoms with Gasteiger partial charge in [0.2, 0.25) is 10.0 Å². The lowest BCUT2D eigenvalue weighted by Gasteiger charge is -2.09. The van der Waals surface area contributed by atoms with E-state index in [1.807, 2.05) is 19.9 Å². The third kappa shape index (κ3) is 3.91. The molecule has 0 aliphatic carbocycles. The Morgan fingerprint density at radius 3 is 2.69 bits per heavy atom. The van der Waals surface area contributed by atoms with Crippen LogP contribution in [-0.4, -0.2) is 14.2 Å². The van der Waals surface area contributed by atoms with Gasteiger partial charge in [0.05, 0.1) is 17.4 Å². The van der Waals surface area contributed by atoms with Crippen molar-refractivity contribution >= 4 is 15.7 Å². The summed E-state index contributed by atoms with van der Waals surface area (Å²) in [6, 6.07) is 8.36. The van der Waals surface area contributed by atoms with E-state index >= 15 is 0 Å². The maximum atomic E-state index is 11.6. The summed E-state index contributed by atoms with van der Waals surface area (Å²) < 4.78 is 25.7. The Balaban J connectivity index is 2.85. The molecule has 0 saturated heterocycles. The molecule has 1 N–H and O–H groups in total. The standard InChI is InChI=1S/C11H14N2O2S/c1-9(2)8-16(14,15)13-11-5-3-4-10(6-11)7-12/h3-6,9,13H,8H2,1-2H3. The van der Waals surface area contributed by atoms with Crippen molar-refractivity contribution < 1.29 is 8.42 Å². The van der Waals surface area contributed by atoms with Crippen LogP contribution in [0.4, 0.5) is 5.69 Å². The van der Waals surface area contributed by atoms with Crippen LogP contribution in [0.15, 0.2) is 24.3 Å². The number of rotatable bonds is 4. The van der Waals surface area contributed by atoms with Crippen molar-refractivity contribution in [1.29, 1.82) is 5.26 Å². The first kappa shape index (κ1) is 12.5. The minimum atomic E-state index is -3.32. The normalized spacial score (nSPS) is 11.1. The molecule has 0 heterocycles. The van der Waals surface area contributed by atoms with Gasteiger partial charge in [0.1, 0.15) is 0 Å². The predicted molar refractivity (Wildman–Crippen MR) is 63.4 cm³/mol. The molecule has 4 nitrogen and oxygen atoms in total. The Kier molecular flexibility index (Phi) is 3.91. The summed E-state index contributed by atoms with van der Waals surface area (Å²) in [7, 11) is -3.32. The number of sulfonamides is 1. The van der Waals surface area contributed by atoms with Gasteiger partial charge in [-0.1, -0.05) is 19.9 Å². The molecule has 0 atom stereocenters. The monoisotopic (exact) mass is 238 g/mol. The smallest absolute Gasteiger partial charge is 0.232 e. The summed E-state index contributed by atoms with van der Waals surface area (Å²) in [5.41, 5.74) is 0.865. The maximum Gasteiger partial charge on any atom is 0.232 e. The van der Waals surface area contributed by atoms with E-state index in [0.717, 1.165) is 0 Å². The molecular formula is C11H14N2O2S. The zero-order valence-corrected chi connectivity index (χ0v) is 10.1. The summed E-state index contributed by atoms with van der Waals surface area (Å²) in [6.07, 6.45) is 0. The van der Waals surface area contributed by atoms with E-state index in [4.69, 9.17) is 5.26 Å². The minimum Gasteiger partial charge on any atom is -0.284 e. The summed E-state index contributed by atoms with van der Waals surface area (Å²) in [6.45, 7) is 3.68. The van der Waals surface area contributed by atoms with Crippen LogP contribution in [0.25, 0.3) is 0 Å². The van der Waals surface area contributed by atoms with Gasteiger partial charge >= 0.3 is 0 Å². The fraction of sp³-hybridized carbons (Fsp3) is 0.364. The van der Waals surface area contributed by atoms with E-state index in [1.54, 1.807) is 18.2 Å². The summed E-state index contributed by atoms with van der Waals surface area (Å²) in [4.78, 5) is 0. The number of benzene rings is 1. The van der Waals surface area contributed by atoms with Gasteiger partial charge in [-0.25, -0.2) is 8.42 Å². The van der Waals surface area contributed by atoms with Crippen LogP contribution in [0.5, 0.6) is 0 Å². The Morgan fingerprint density at radius 1 is 1.44 bits per heavy atom. The van der Waals surface area contributed by atoms with E-state index in [9.17, 15) is 8.42 Å². The average Bonchev–Trinajstić information content (AvgIpc) is 2.15. The van der Waals surface area contributed by atoms with Crippen LogP contribution in [0.1, 0.15) is 19.4 Å². The number of nitriles is 1. The largest absolute Gasteiger partial charge is 0.284 e. The van der Waals surface area contributed by atoms with Crippen LogP contribution in [0, 0.1) is 17.2 Å². The van der Waals surface area contributed by atoms with Crippen LogP contribution in [-0.2, 0) is 10.0 Å². The van der Waals surface area contributed by atoms with E-state index in [0.29, 0.717) is 11.3 Å². The van der Waals surface area contributed by atoms with Crippen LogP contribution in [0.3, 0.4) is 0 Å². The third-order valence-corrected chi connectivity index (χ3v) is 3.47. The first-order chi connectivity index (χ1) is 7.43. The number of nitrogens with one attached hydrogen (secondary N) is 1. The highest BCUT2D eigenvalue weighted by Gasteiger charge is 2.12. The molecule has 1 aromatic rings. The lowest BCUT2D eigenvalue weighted by atomic mass is 10.2. The summed E-state index contributed by atoms with van der Waals surface area (Å²) in [5, 5.41) is 8.68. The molecule has 0 fully saturated rings. The van der Waals surface area contributed by atoms with Gasteiger partial charge in [0.15, 0.2) is 0 Å². The molecule has 86 valence electrons. The highest BCUT2D eigenvalue weighted by Crippen LogP contribution is 2.12. The molecule has 0 unspecified atom stereocenters. The van der Waals surface area contributed by atoms with E-state index in [-0.39, 0.29) is 11.7 Å². The molecule has 1 aromatic carbocycles. The van der Waals surface area contributed by atoms with Crippen molar-refractivity contribution in [1.82, 2.24) is 0 Å². The second kappa shape index (κ2) is 4.99. The van der Waals surface area contributed by atoms with Gasteiger partial charge in [-0.2, -0.15) is 5.26 Å². The molecule has 5 heteroatoms. The fourth-order valence-electron chi connectivity index (χ4n) is 1.31. The molecule has 0 aliphatic heterocycles. The Bertz CT molecular complexity index is 501. The topological polar surface area (TPSA) is 70.0 Å². The SMILES string of the molecule is CC(C)CS(=O)(=O)Nc1cccc(C#N)c1. The van der Waals surface area contributed by atoms with Crippen molar-refractivity contribution in [2.45, 2.75) is 13.8 Å². The van der Waals surface area contributed by atoms with Gasteiger partial charge in [-0.3, -0.25) is 4.72 Å². The van der Waals surface area contributed by atoms with Gasteiger partial charge in [-0.15, -0.1) is 0 Å². The number of anilines is 1. The van der Waals surface area contributed by atoms with E-state index in [1.165, 1.54) is 6.07 Å². The van der Waals surface area contributed by atoms with Crippen molar-refractivity contribution in [2.24, 2.45) is 5.92 Å². The number of hydrogen-bond donors (Lipinski definition) is 1. The van der Waals surface area contributed by atoms with Crippen molar-refractivity contribution in [3.05, 3.63) is 29.8 Å². The average molecular weight is 238 g/mol. The van der Waals surface area contributed by atoms with E-state index < -0.39 is 10.0 Å². The highest BCUT2D eigenvalue weighted by atomic mass is 32.2. The molecule has 0 aliphatic rings. The van der Waals surface area contributed by atoms with Gasteiger partial charge in [0, 0.05) is 5.69 Å². The molecule has 0 bridgehead atoms. The van der Waals surface area contributed by atoms with Crippen molar-refractivity contribution in [2.75, 3.05) is 10.5 Å². The second-order valence-corrected chi connectivity index (χ2v) is 5.74. The van der Waals surface area contributed by atoms with Crippen LogP contribution < -0.4 is 4.72 Å². The van der Waals surface area contributed by atoms with Gasteiger partial charge in [0.25, 0.3) is 0 Å². The second-order valence-electron chi connectivity index (χ2n) is 3.97. The lowest BCUT2D eigenvalue weighted by molar-refractivity contribution is 0.587. The van der Waals surface area contributed by atoms with Crippen LogP contribution >= 0.6 is 0 Å². The fourth-order valence-corrected chi connectivity index (χ4v) is 2.76. The molecule has 16 heavy (non-hydrogen) atoms. The zero-order valence-electron chi connectivity index (χ0n) is 9.27. The van der Waals surface area contributed by atoms with Gasteiger partial charge in [-0.05, 0) is 24.1 Å². The highest BCUT2D eigenvalue weighted by molar-refractivity contribution is 7.92. The quantitative estimate of drug-likeness (QED) is 0.871. The van der Waals surface area contributed by atoms with Crippen molar-refractivity contribution in [3.63, 3.8) is 0 Å². The summed E-state index contributed by atoms with van der Waals surface area (Å²) >= 11 is 0. The molecular weight excluding hydrogens is 224 g/mol. The number of hydrogen-bond acceptors (Lipinski definition) is 3. The summed E-state index contributed by atoms with van der Waals surface area (Å²) in [5.74, 6) is 0.140. The molecule has 0 saturated carbocycles. The first-order valence-electron chi connectivity index (χ1n) is 4.93. The van der Waals surface area contributed by atoms with Crippen LogP contribution in [0.2, 0.25) is 0 Å². The minimum absolute atomic E-state index is 0.0663. The van der Waals surface area contributed by atoms with Crippen molar-refractivity contribution in [3.8, 4) is 6.07 Å². The molecule has 0 amide bonds. The van der Waals surface area contributed by atoms with Gasteiger partial charge < -0.3 is 0 Å². The lowest BCUT2D eigenvalue weighted by Crippen LogP contribution is -2.20. The number of nitrogens with zero attached hydrogens (tertiary/aromatic N) is 1. The maximum absolute atomic E-state index is 11.6. The predicted octanol–water partition coefficient (Wildman–Crippen LogP) is 1.96. The van der Waals surface area contributed by atoms with E-state index in [2.05, 4.69) is 4.72 Å². The molecule has 1 rings (SSSR count). The molecule has 0 radical (unpaired) electrons. The Morgan fingerprint density at radius 2 is 2.12 bits per heavy atom. The molecule has 0 aromatic heterocycles.